The second-order valence-corrected chi connectivity index (χ2v) is 7.16. The molecule has 1 saturated carbocycles. The largest absolute Gasteiger partial charge is 0.382 e. The predicted molar refractivity (Wildman–Crippen MR) is 108 cm³/mol. The fraction of sp³-hybridized carbons (Fsp3) is 0.190. The van der Waals surface area contributed by atoms with Crippen molar-refractivity contribution in [2.24, 2.45) is 0 Å². The standard InChI is InChI=1S/C21H18ClN5/c22-20-17-12-19(18-6-1-2-11-23-18)27(21(17)25-13-24-20)16-9-7-15(8-10-16)26-14-4-3-5-14/h1-2,6-14,26H,3-5H2. The number of aromatic nitrogens is 4. The van der Waals surface area contributed by atoms with Crippen LogP contribution in [0.4, 0.5) is 5.69 Å². The molecule has 27 heavy (non-hydrogen) atoms. The van der Waals surface area contributed by atoms with Crippen molar-refractivity contribution in [3.8, 4) is 17.1 Å². The topological polar surface area (TPSA) is 55.6 Å². The van der Waals surface area contributed by atoms with Crippen LogP contribution >= 0.6 is 11.6 Å². The van der Waals surface area contributed by atoms with Gasteiger partial charge in [-0.2, -0.15) is 0 Å². The zero-order valence-electron chi connectivity index (χ0n) is 14.6. The minimum atomic E-state index is 0.444. The van der Waals surface area contributed by atoms with Crippen LogP contribution in [0.3, 0.4) is 0 Å². The quantitative estimate of drug-likeness (QED) is 0.504. The second kappa shape index (κ2) is 6.67. The average Bonchev–Trinajstić information content (AvgIpc) is 3.07. The molecular formula is C21H18ClN5. The van der Waals surface area contributed by atoms with E-state index in [1.165, 1.54) is 25.6 Å². The highest BCUT2D eigenvalue weighted by atomic mass is 35.5. The number of halogens is 1. The SMILES string of the molecule is Clc1ncnc2c1cc(-c1ccccn1)n2-c1ccc(NC2CCC2)cc1. The van der Waals surface area contributed by atoms with Gasteiger partial charge in [-0.25, -0.2) is 9.97 Å². The molecular weight excluding hydrogens is 358 g/mol. The van der Waals surface area contributed by atoms with E-state index in [1.807, 2.05) is 24.3 Å². The lowest BCUT2D eigenvalue weighted by Gasteiger charge is -2.27. The Bertz CT molecular complexity index is 1080. The molecule has 6 heteroatoms. The number of hydrogen-bond acceptors (Lipinski definition) is 4. The number of rotatable bonds is 4. The molecule has 0 spiro atoms. The average molecular weight is 376 g/mol. The molecule has 0 bridgehead atoms. The molecule has 1 aromatic carbocycles. The third kappa shape index (κ3) is 2.94. The maximum atomic E-state index is 6.33. The summed E-state index contributed by atoms with van der Waals surface area (Å²) in [5, 5.41) is 4.83. The van der Waals surface area contributed by atoms with Crippen LogP contribution in [-0.4, -0.2) is 25.6 Å². The van der Waals surface area contributed by atoms with Crippen LogP contribution in [0.2, 0.25) is 5.15 Å². The first-order valence-electron chi connectivity index (χ1n) is 9.10. The monoisotopic (exact) mass is 375 g/mol. The van der Waals surface area contributed by atoms with Crippen molar-refractivity contribution in [3.63, 3.8) is 0 Å². The maximum absolute atomic E-state index is 6.33. The Morgan fingerprint density at radius 2 is 1.85 bits per heavy atom. The molecule has 5 rings (SSSR count). The van der Waals surface area contributed by atoms with Gasteiger partial charge in [0.15, 0.2) is 0 Å². The van der Waals surface area contributed by atoms with Gasteiger partial charge in [-0.15, -0.1) is 0 Å². The van der Waals surface area contributed by atoms with Crippen molar-refractivity contribution in [2.45, 2.75) is 25.3 Å². The maximum Gasteiger partial charge on any atom is 0.149 e. The third-order valence-electron chi connectivity index (χ3n) is 5.08. The van der Waals surface area contributed by atoms with Gasteiger partial charge in [0.25, 0.3) is 0 Å². The van der Waals surface area contributed by atoms with Gasteiger partial charge in [-0.05, 0) is 61.7 Å². The number of pyridine rings is 1. The van der Waals surface area contributed by atoms with Gasteiger partial charge in [0, 0.05) is 23.6 Å². The smallest absolute Gasteiger partial charge is 0.149 e. The van der Waals surface area contributed by atoms with E-state index in [1.54, 1.807) is 6.20 Å². The second-order valence-electron chi connectivity index (χ2n) is 6.80. The minimum Gasteiger partial charge on any atom is -0.382 e. The van der Waals surface area contributed by atoms with Gasteiger partial charge in [-0.1, -0.05) is 17.7 Å². The van der Waals surface area contributed by atoms with Gasteiger partial charge < -0.3 is 5.32 Å². The normalized spacial score (nSPS) is 14.3. The first-order chi connectivity index (χ1) is 13.3. The van der Waals surface area contributed by atoms with Gasteiger partial charge in [0.2, 0.25) is 0 Å². The molecule has 0 aliphatic heterocycles. The van der Waals surface area contributed by atoms with Crippen molar-refractivity contribution >= 4 is 28.3 Å². The lowest BCUT2D eigenvalue weighted by molar-refractivity contribution is 0.445. The van der Waals surface area contributed by atoms with Gasteiger partial charge in [0.05, 0.1) is 16.8 Å². The molecule has 3 heterocycles. The zero-order chi connectivity index (χ0) is 18.2. The van der Waals surface area contributed by atoms with Crippen molar-refractivity contribution in [2.75, 3.05) is 5.32 Å². The lowest BCUT2D eigenvalue weighted by atomic mass is 9.93. The number of nitrogens with one attached hydrogen (secondary N) is 1. The van der Waals surface area contributed by atoms with Crippen LogP contribution in [0, 0.1) is 0 Å². The molecule has 0 atom stereocenters. The summed E-state index contributed by atoms with van der Waals surface area (Å²) < 4.78 is 2.08. The van der Waals surface area contributed by atoms with Crippen molar-refractivity contribution < 1.29 is 0 Å². The molecule has 4 aromatic rings. The molecule has 1 aliphatic carbocycles. The Morgan fingerprint density at radius 1 is 1.00 bits per heavy atom. The minimum absolute atomic E-state index is 0.444. The van der Waals surface area contributed by atoms with E-state index in [9.17, 15) is 0 Å². The van der Waals surface area contributed by atoms with E-state index in [2.05, 4.69) is 49.1 Å². The Hall–Kier alpha value is -2.92. The van der Waals surface area contributed by atoms with Crippen LogP contribution < -0.4 is 5.32 Å². The number of anilines is 1. The lowest BCUT2D eigenvalue weighted by Crippen LogP contribution is -2.26. The molecule has 1 fully saturated rings. The Labute approximate surface area is 162 Å². The summed E-state index contributed by atoms with van der Waals surface area (Å²) in [6.07, 6.45) is 7.11. The first-order valence-corrected chi connectivity index (χ1v) is 9.48. The predicted octanol–water partition coefficient (Wildman–Crippen LogP) is 5.10. The van der Waals surface area contributed by atoms with E-state index in [0.717, 1.165) is 33.8 Å². The van der Waals surface area contributed by atoms with E-state index in [4.69, 9.17) is 11.6 Å². The summed E-state index contributed by atoms with van der Waals surface area (Å²) >= 11 is 6.33. The van der Waals surface area contributed by atoms with Crippen LogP contribution in [-0.2, 0) is 0 Å². The van der Waals surface area contributed by atoms with Crippen LogP contribution in [0.25, 0.3) is 28.1 Å². The Balaban J connectivity index is 1.63. The summed E-state index contributed by atoms with van der Waals surface area (Å²) in [6.45, 7) is 0. The molecule has 3 aromatic heterocycles. The van der Waals surface area contributed by atoms with E-state index < -0.39 is 0 Å². The fourth-order valence-corrected chi connectivity index (χ4v) is 3.63. The van der Waals surface area contributed by atoms with Crippen LogP contribution in [0.1, 0.15) is 19.3 Å². The summed E-state index contributed by atoms with van der Waals surface area (Å²) in [7, 11) is 0. The highest BCUT2D eigenvalue weighted by Crippen LogP contribution is 2.32. The van der Waals surface area contributed by atoms with Gasteiger partial charge in [0.1, 0.15) is 17.1 Å². The number of fused-ring (bicyclic) bond motifs is 1. The molecule has 134 valence electrons. The Morgan fingerprint density at radius 3 is 2.56 bits per heavy atom. The van der Waals surface area contributed by atoms with E-state index >= 15 is 0 Å². The Kier molecular flexibility index (Phi) is 4.02. The zero-order valence-corrected chi connectivity index (χ0v) is 15.4. The number of nitrogens with zero attached hydrogens (tertiary/aromatic N) is 4. The molecule has 1 N–H and O–H groups in total. The van der Waals surface area contributed by atoms with E-state index in [-0.39, 0.29) is 0 Å². The van der Waals surface area contributed by atoms with E-state index in [0.29, 0.717) is 11.2 Å². The first kappa shape index (κ1) is 16.3. The van der Waals surface area contributed by atoms with Gasteiger partial charge >= 0.3 is 0 Å². The van der Waals surface area contributed by atoms with Crippen molar-refractivity contribution in [1.29, 1.82) is 0 Å². The molecule has 0 unspecified atom stereocenters. The highest BCUT2D eigenvalue weighted by Gasteiger charge is 2.18. The van der Waals surface area contributed by atoms with Crippen molar-refractivity contribution in [3.05, 3.63) is 66.2 Å². The van der Waals surface area contributed by atoms with Crippen LogP contribution in [0.5, 0.6) is 0 Å². The fourth-order valence-electron chi connectivity index (χ4n) is 3.44. The summed E-state index contributed by atoms with van der Waals surface area (Å²) in [5.41, 5.74) is 4.73. The molecule has 5 nitrogen and oxygen atoms in total. The number of hydrogen-bond donors (Lipinski definition) is 1. The molecule has 0 amide bonds. The van der Waals surface area contributed by atoms with Gasteiger partial charge in [-0.3, -0.25) is 9.55 Å². The molecule has 0 radical (unpaired) electrons. The van der Waals surface area contributed by atoms with Crippen LogP contribution in [0.15, 0.2) is 61.1 Å². The summed E-state index contributed by atoms with van der Waals surface area (Å²) in [5.74, 6) is 0. The summed E-state index contributed by atoms with van der Waals surface area (Å²) in [6, 6.07) is 16.9. The molecule has 0 saturated heterocycles. The summed E-state index contributed by atoms with van der Waals surface area (Å²) in [4.78, 5) is 13.1. The highest BCUT2D eigenvalue weighted by molar-refractivity contribution is 6.34. The molecule has 1 aliphatic rings. The third-order valence-corrected chi connectivity index (χ3v) is 5.38. The van der Waals surface area contributed by atoms with Crippen molar-refractivity contribution in [1.82, 2.24) is 19.5 Å². The number of benzene rings is 1.